The van der Waals surface area contributed by atoms with Gasteiger partial charge in [-0.3, -0.25) is 0 Å². The molecule has 0 aromatic heterocycles. The third kappa shape index (κ3) is 3.23. The van der Waals surface area contributed by atoms with Crippen molar-refractivity contribution in [1.82, 2.24) is 10.2 Å². The van der Waals surface area contributed by atoms with E-state index in [1.165, 1.54) is 12.1 Å². The highest BCUT2D eigenvalue weighted by Crippen LogP contribution is 2.31. The molecule has 1 saturated heterocycles. The van der Waals surface area contributed by atoms with E-state index in [0.717, 1.165) is 24.0 Å². The van der Waals surface area contributed by atoms with Crippen molar-refractivity contribution in [1.29, 1.82) is 0 Å². The maximum absolute atomic E-state index is 13.4. The van der Waals surface area contributed by atoms with E-state index in [-0.39, 0.29) is 24.0 Å². The van der Waals surface area contributed by atoms with Gasteiger partial charge in [-0.1, -0.05) is 6.07 Å². The summed E-state index contributed by atoms with van der Waals surface area (Å²) in [7, 11) is 1.62. The average Bonchev–Trinajstić information content (AvgIpc) is 2.90. The van der Waals surface area contributed by atoms with E-state index in [1.807, 2.05) is 0 Å². The van der Waals surface area contributed by atoms with E-state index in [0.29, 0.717) is 26.3 Å². The van der Waals surface area contributed by atoms with Crippen LogP contribution < -0.4 is 5.32 Å². The van der Waals surface area contributed by atoms with Gasteiger partial charge in [0.25, 0.3) is 0 Å². The molecule has 2 aliphatic rings. The predicted molar refractivity (Wildman–Crippen MR) is 79.2 cm³/mol. The van der Waals surface area contributed by atoms with Crippen LogP contribution >= 0.6 is 0 Å². The van der Waals surface area contributed by atoms with Crippen molar-refractivity contribution in [2.75, 3.05) is 33.4 Å². The van der Waals surface area contributed by atoms with Gasteiger partial charge in [0.1, 0.15) is 5.82 Å². The standard InChI is InChI=1S/C16H21FN2O3/c1-21-10-13-9-19(6-7-22-13)16(20)18-15-5-3-11-2-4-12(17)8-14(11)15/h2,4,8,13,15H,3,5-7,9-10H2,1H3,(H,18,20)/t13-,15-/m0/s1. The quantitative estimate of drug-likeness (QED) is 0.927. The number of rotatable bonds is 3. The molecule has 1 aromatic carbocycles. The van der Waals surface area contributed by atoms with Gasteiger partial charge >= 0.3 is 6.03 Å². The summed E-state index contributed by atoms with van der Waals surface area (Å²) in [6, 6.07) is 4.58. The highest BCUT2D eigenvalue weighted by molar-refractivity contribution is 5.75. The number of carbonyl (C=O) groups is 1. The zero-order valence-corrected chi connectivity index (χ0v) is 12.7. The second-order valence-electron chi connectivity index (χ2n) is 5.78. The topological polar surface area (TPSA) is 50.8 Å². The number of nitrogens with zero attached hydrogens (tertiary/aromatic N) is 1. The Balaban J connectivity index is 1.62. The van der Waals surface area contributed by atoms with Crippen molar-refractivity contribution in [2.24, 2.45) is 0 Å². The molecule has 1 aromatic rings. The summed E-state index contributed by atoms with van der Waals surface area (Å²) >= 11 is 0. The van der Waals surface area contributed by atoms with Crippen LogP contribution in [0.25, 0.3) is 0 Å². The minimum absolute atomic E-state index is 0.0854. The molecule has 0 radical (unpaired) electrons. The Morgan fingerprint density at radius 2 is 2.41 bits per heavy atom. The first-order valence-corrected chi connectivity index (χ1v) is 7.61. The normalized spacial score (nSPS) is 24.2. The number of benzene rings is 1. The van der Waals surface area contributed by atoms with Gasteiger partial charge in [0.05, 0.1) is 31.9 Å². The Kier molecular flexibility index (Phi) is 4.59. The van der Waals surface area contributed by atoms with Gasteiger partial charge in [0, 0.05) is 13.7 Å². The van der Waals surface area contributed by atoms with E-state index in [1.54, 1.807) is 18.1 Å². The summed E-state index contributed by atoms with van der Waals surface area (Å²) in [6.45, 7) is 2.07. The number of nitrogens with one attached hydrogen (secondary N) is 1. The summed E-state index contributed by atoms with van der Waals surface area (Å²) < 4.78 is 24.0. The molecule has 1 N–H and O–H groups in total. The van der Waals surface area contributed by atoms with Crippen molar-refractivity contribution in [3.63, 3.8) is 0 Å². The SMILES string of the molecule is COC[C@@H]1CN(C(=O)N[C@H]2CCc3ccc(F)cc32)CCO1. The zero-order valence-electron chi connectivity index (χ0n) is 12.7. The third-order valence-corrected chi connectivity index (χ3v) is 4.26. The molecule has 2 atom stereocenters. The van der Waals surface area contributed by atoms with Gasteiger partial charge in [-0.25, -0.2) is 9.18 Å². The van der Waals surface area contributed by atoms with Crippen molar-refractivity contribution in [2.45, 2.75) is 25.0 Å². The van der Waals surface area contributed by atoms with Crippen LogP contribution in [0.1, 0.15) is 23.6 Å². The average molecular weight is 308 g/mol. The Hall–Kier alpha value is -1.66. The van der Waals surface area contributed by atoms with E-state index in [2.05, 4.69) is 5.32 Å². The molecule has 6 heteroatoms. The number of aryl methyl sites for hydroxylation is 1. The Bertz CT molecular complexity index is 550. The minimum atomic E-state index is -0.258. The fourth-order valence-corrected chi connectivity index (χ4v) is 3.15. The molecule has 0 saturated carbocycles. The summed E-state index contributed by atoms with van der Waals surface area (Å²) in [6.07, 6.45) is 1.60. The monoisotopic (exact) mass is 308 g/mol. The van der Waals surface area contributed by atoms with E-state index in [4.69, 9.17) is 9.47 Å². The fraction of sp³-hybridized carbons (Fsp3) is 0.562. The number of carbonyl (C=O) groups excluding carboxylic acids is 1. The summed E-state index contributed by atoms with van der Waals surface area (Å²) in [5, 5.41) is 3.02. The fourth-order valence-electron chi connectivity index (χ4n) is 3.15. The molecule has 1 aliphatic carbocycles. The maximum Gasteiger partial charge on any atom is 0.318 e. The number of morpholine rings is 1. The second kappa shape index (κ2) is 6.62. The van der Waals surface area contributed by atoms with Crippen LogP contribution in [0.4, 0.5) is 9.18 Å². The lowest BCUT2D eigenvalue weighted by molar-refractivity contribution is -0.0496. The lowest BCUT2D eigenvalue weighted by atomic mass is 10.1. The molecule has 22 heavy (non-hydrogen) atoms. The second-order valence-corrected chi connectivity index (χ2v) is 5.78. The Morgan fingerprint density at radius 3 is 3.23 bits per heavy atom. The molecule has 1 heterocycles. The van der Waals surface area contributed by atoms with Crippen molar-refractivity contribution in [3.8, 4) is 0 Å². The third-order valence-electron chi connectivity index (χ3n) is 4.26. The van der Waals surface area contributed by atoms with Crippen LogP contribution in [0, 0.1) is 5.82 Å². The van der Waals surface area contributed by atoms with E-state index < -0.39 is 0 Å². The summed E-state index contributed by atoms with van der Waals surface area (Å²) in [5.74, 6) is -0.258. The van der Waals surface area contributed by atoms with Gasteiger partial charge in [0.2, 0.25) is 0 Å². The Morgan fingerprint density at radius 1 is 1.55 bits per heavy atom. The lowest BCUT2D eigenvalue weighted by Gasteiger charge is -2.33. The molecule has 120 valence electrons. The number of methoxy groups -OCH3 is 1. The summed E-state index contributed by atoms with van der Waals surface area (Å²) in [4.78, 5) is 14.2. The van der Waals surface area contributed by atoms with Gasteiger partial charge in [-0.15, -0.1) is 0 Å². The first-order valence-electron chi connectivity index (χ1n) is 7.61. The van der Waals surface area contributed by atoms with E-state index >= 15 is 0 Å². The highest BCUT2D eigenvalue weighted by atomic mass is 19.1. The molecule has 1 aliphatic heterocycles. The molecule has 3 rings (SSSR count). The van der Waals surface area contributed by atoms with Crippen LogP contribution in [0.3, 0.4) is 0 Å². The number of hydrogen-bond acceptors (Lipinski definition) is 3. The Labute approximate surface area is 129 Å². The predicted octanol–water partition coefficient (Wildman–Crippen LogP) is 1.87. The van der Waals surface area contributed by atoms with Gasteiger partial charge in [-0.2, -0.15) is 0 Å². The molecular formula is C16H21FN2O3. The van der Waals surface area contributed by atoms with Crippen LogP contribution in [-0.4, -0.2) is 50.4 Å². The number of urea groups is 1. The molecule has 0 spiro atoms. The molecule has 5 nitrogen and oxygen atoms in total. The minimum Gasteiger partial charge on any atom is -0.382 e. The largest absolute Gasteiger partial charge is 0.382 e. The number of ether oxygens (including phenoxy) is 2. The first-order chi connectivity index (χ1) is 10.7. The number of amides is 2. The molecular weight excluding hydrogens is 287 g/mol. The van der Waals surface area contributed by atoms with Crippen molar-refractivity contribution >= 4 is 6.03 Å². The summed E-state index contributed by atoms with van der Waals surface area (Å²) in [5.41, 5.74) is 2.01. The number of fused-ring (bicyclic) bond motifs is 1. The molecule has 0 bridgehead atoms. The van der Waals surface area contributed by atoms with Crippen LogP contribution in [0.5, 0.6) is 0 Å². The van der Waals surface area contributed by atoms with Crippen molar-refractivity contribution in [3.05, 3.63) is 35.1 Å². The first kappa shape index (κ1) is 15.2. The van der Waals surface area contributed by atoms with Gasteiger partial charge in [0.15, 0.2) is 0 Å². The van der Waals surface area contributed by atoms with Crippen molar-refractivity contribution < 1.29 is 18.7 Å². The van der Waals surface area contributed by atoms with Crippen LogP contribution in [0.2, 0.25) is 0 Å². The molecule has 1 fully saturated rings. The highest BCUT2D eigenvalue weighted by Gasteiger charge is 2.29. The van der Waals surface area contributed by atoms with Gasteiger partial charge < -0.3 is 19.7 Å². The molecule has 2 amide bonds. The van der Waals surface area contributed by atoms with E-state index in [9.17, 15) is 9.18 Å². The maximum atomic E-state index is 13.4. The van der Waals surface area contributed by atoms with Crippen LogP contribution in [-0.2, 0) is 15.9 Å². The smallest absolute Gasteiger partial charge is 0.318 e. The number of hydrogen-bond donors (Lipinski definition) is 1. The number of halogens is 1. The van der Waals surface area contributed by atoms with Gasteiger partial charge in [-0.05, 0) is 36.1 Å². The molecule has 0 unspecified atom stereocenters. The zero-order chi connectivity index (χ0) is 15.5. The van der Waals surface area contributed by atoms with Crippen LogP contribution in [0.15, 0.2) is 18.2 Å². The lowest BCUT2D eigenvalue weighted by Crippen LogP contribution is -2.51.